The Morgan fingerprint density at radius 3 is 2.48 bits per heavy atom. The molecule has 2 N–H and O–H groups in total. The first-order chi connectivity index (χ1) is 13.0. The van der Waals surface area contributed by atoms with Gasteiger partial charge in [-0.15, -0.1) is 0 Å². The molecule has 0 saturated carbocycles. The zero-order chi connectivity index (χ0) is 19.6. The van der Waals surface area contributed by atoms with E-state index in [0.29, 0.717) is 31.5 Å². The number of nitrogens with one attached hydrogen (secondary N) is 2. The van der Waals surface area contributed by atoms with Gasteiger partial charge in [-0.2, -0.15) is 0 Å². The second kappa shape index (κ2) is 10.7. The summed E-state index contributed by atoms with van der Waals surface area (Å²) in [5, 5.41) is 6.17. The lowest BCUT2D eigenvalue weighted by Crippen LogP contribution is -2.24. The Balaban J connectivity index is 1.75. The van der Waals surface area contributed by atoms with Crippen molar-refractivity contribution in [3.8, 4) is 0 Å². The van der Waals surface area contributed by atoms with E-state index in [1.807, 2.05) is 25.1 Å². The van der Waals surface area contributed by atoms with E-state index < -0.39 is 0 Å². The van der Waals surface area contributed by atoms with Gasteiger partial charge in [-0.05, 0) is 69.1 Å². The molecule has 0 aliphatic carbocycles. The average molecular weight is 372 g/mol. The summed E-state index contributed by atoms with van der Waals surface area (Å²) in [6, 6.07) is 12.9. The van der Waals surface area contributed by atoms with Gasteiger partial charge in [0.15, 0.2) is 0 Å². The van der Waals surface area contributed by atoms with Crippen LogP contribution in [0.3, 0.4) is 0 Å². The van der Waals surface area contributed by atoms with Gasteiger partial charge in [0.2, 0.25) is 5.91 Å². The first-order valence-electron chi connectivity index (χ1n) is 9.64. The quantitative estimate of drug-likeness (QED) is 0.617. The van der Waals surface area contributed by atoms with Crippen LogP contribution in [0.25, 0.3) is 0 Å². The summed E-state index contributed by atoms with van der Waals surface area (Å²) >= 11 is 0. The number of hydrogen-bond donors (Lipinski definition) is 2. The molecule has 4 nitrogen and oxygen atoms in total. The SMILES string of the molecule is CCN(CC)c1ccc(NC(=O)CCNCCc2ccccc2F)c(C)c1. The van der Waals surface area contributed by atoms with Crippen molar-refractivity contribution in [2.45, 2.75) is 33.6 Å². The summed E-state index contributed by atoms with van der Waals surface area (Å²) in [6.07, 6.45) is 0.995. The molecule has 5 heteroatoms. The number of carbonyl (C=O) groups is 1. The van der Waals surface area contributed by atoms with Crippen molar-refractivity contribution < 1.29 is 9.18 Å². The first-order valence-corrected chi connectivity index (χ1v) is 9.64. The molecule has 0 aromatic heterocycles. The van der Waals surface area contributed by atoms with Crippen LogP contribution in [0.5, 0.6) is 0 Å². The second-order valence-corrected chi connectivity index (χ2v) is 6.56. The number of nitrogens with zero attached hydrogens (tertiary/aromatic N) is 1. The van der Waals surface area contributed by atoms with Crippen molar-refractivity contribution in [3.63, 3.8) is 0 Å². The normalized spacial score (nSPS) is 10.7. The Labute approximate surface area is 161 Å². The number of amides is 1. The Morgan fingerprint density at radius 1 is 1.07 bits per heavy atom. The molecule has 0 bridgehead atoms. The molecule has 2 aromatic carbocycles. The summed E-state index contributed by atoms with van der Waals surface area (Å²) < 4.78 is 13.5. The predicted molar refractivity (Wildman–Crippen MR) is 111 cm³/mol. The van der Waals surface area contributed by atoms with Crippen LogP contribution in [0, 0.1) is 12.7 Å². The standard InChI is InChI=1S/C22H30FN3O/c1-4-26(5-2)19-10-11-21(17(3)16-19)25-22(27)13-15-24-14-12-18-8-6-7-9-20(18)23/h6-11,16,24H,4-5,12-15H2,1-3H3,(H,25,27). The van der Waals surface area contributed by atoms with Crippen molar-refractivity contribution in [3.05, 3.63) is 59.4 Å². The summed E-state index contributed by atoms with van der Waals surface area (Å²) in [6.45, 7) is 9.40. The van der Waals surface area contributed by atoms with Crippen LogP contribution in [-0.2, 0) is 11.2 Å². The summed E-state index contributed by atoms with van der Waals surface area (Å²) in [5.41, 5.74) is 3.77. The average Bonchev–Trinajstić information content (AvgIpc) is 2.66. The molecule has 0 radical (unpaired) electrons. The molecule has 0 atom stereocenters. The van der Waals surface area contributed by atoms with Crippen molar-refractivity contribution in [2.75, 3.05) is 36.4 Å². The second-order valence-electron chi connectivity index (χ2n) is 6.56. The minimum absolute atomic E-state index is 0.0212. The van der Waals surface area contributed by atoms with Crippen molar-refractivity contribution >= 4 is 17.3 Å². The molecule has 0 saturated heterocycles. The van der Waals surface area contributed by atoms with E-state index in [1.54, 1.807) is 12.1 Å². The van der Waals surface area contributed by atoms with Gasteiger partial charge in [0.05, 0.1) is 0 Å². The molecule has 0 aliphatic heterocycles. The molecule has 2 aromatic rings. The molecule has 1 amide bonds. The lowest BCUT2D eigenvalue weighted by atomic mass is 10.1. The summed E-state index contributed by atoms with van der Waals surface area (Å²) in [4.78, 5) is 14.4. The highest BCUT2D eigenvalue weighted by atomic mass is 19.1. The van der Waals surface area contributed by atoms with E-state index in [2.05, 4.69) is 35.4 Å². The van der Waals surface area contributed by atoms with Crippen LogP contribution in [-0.4, -0.2) is 32.1 Å². The number of halogens is 1. The highest BCUT2D eigenvalue weighted by Crippen LogP contribution is 2.22. The third-order valence-corrected chi connectivity index (χ3v) is 4.67. The van der Waals surface area contributed by atoms with E-state index in [9.17, 15) is 9.18 Å². The topological polar surface area (TPSA) is 44.4 Å². The third-order valence-electron chi connectivity index (χ3n) is 4.67. The molecule has 0 heterocycles. The monoisotopic (exact) mass is 371 g/mol. The number of anilines is 2. The zero-order valence-corrected chi connectivity index (χ0v) is 16.5. The fourth-order valence-electron chi connectivity index (χ4n) is 3.04. The fourth-order valence-corrected chi connectivity index (χ4v) is 3.04. The molecule has 146 valence electrons. The minimum Gasteiger partial charge on any atom is -0.372 e. The van der Waals surface area contributed by atoms with E-state index in [4.69, 9.17) is 0 Å². The van der Waals surface area contributed by atoms with Gasteiger partial charge in [-0.1, -0.05) is 18.2 Å². The number of hydrogen-bond acceptors (Lipinski definition) is 3. The molecule has 0 fully saturated rings. The van der Waals surface area contributed by atoms with Crippen LogP contribution in [0.15, 0.2) is 42.5 Å². The van der Waals surface area contributed by atoms with Crippen molar-refractivity contribution in [1.82, 2.24) is 5.32 Å². The van der Waals surface area contributed by atoms with Gasteiger partial charge in [-0.25, -0.2) is 4.39 Å². The van der Waals surface area contributed by atoms with Crippen LogP contribution in [0.2, 0.25) is 0 Å². The van der Waals surface area contributed by atoms with E-state index in [-0.39, 0.29) is 11.7 Å². The Bertz CT molecular complexity index is 744. The van der Waals surface area contributed by atoms with Gasteiger partial charge in [0.25, 0.3) is 0 Å². The highest BCUT2D eigenvalue weighted by Gasteiger charge is 2.08. The van der Waals surface area contributed by atoms with Gasteiger partial charge in [0, 0.05) is 37.4 Å². The molecule has 0 spiro atoms. The number of aryl methyl sites for hydroxylation is 1. The zero-order valence-electron chi connectivity index (χ0n) is 16.5. The molecular weight excluding hydrogens is 341 g/mol. The summed E-state index contributed by atoms with van der Waals surface area (Å²) in [5.74, 6) is -0.201. The van der Waals surface area contributed by atoms with Gasteiger partial charge >= 0.3 is 0 Å². The largest absolute Gasteiger partial charge is 0.372 e. The van der Waals surface area contributed by atoms with E-state index in [1.165, 1.54) is 11.8 Å². The Morgan fingerprint density at radius 2 is 1.81 bits per heavy atom. The van der Waals surface area contributed by atoms with E-state index in [0.717, 1.165) is 24.3 Å². The van der Waals surface area contributed by atoms with Crippen LogP contribution in [0.1, 0.15) is 31.4 Å². The van der Waals surface area contributed by atoms with Gasteiger partial charge in [0.1, 0.15) is 5.82 Å². The maximum atomic E-state index is 13.5. The van der Waals surface area contributed by atoms with Crippen LogP contribution >= 0.6 is 0 Å². The van der Waals surface area contributed by atoms with Crippen molar-refractivity contribution in [2.24, 2.45) is 0 Å². The Kier molecular flexibility index (Phi) is 8.27. The smallest absolute Gasteiger partial charge is 0.225 e. The Hall–Kier alpha value is -2.40. The fraction of sp³-hybridized carbons (Fsp3) is 0.409. The lowest BCUT2D eigenvalue weighted by molar-refractivity contribution is -0.116. The predicted octanol–water partition coefficient (Wildman–Crippen LogP) is 4.14. The number of rotatable bonds is 10. The minimum atomic E-state index is -0.180. The molecular formula is C22H30FN3O. The molecule has 0 aliphatic rings. The number of benzene rings is 2. The van der Waals surface area contributed by atoms with Gasteiger partial charge in [-0.3, -0.25) is 4.79 Å². The highest BCUT2D eigenvalue weighted by molar-refractivity contribution is 5.91. The summed E-state index contributed by atoms with van der Waals surface area (Å²) in [7, 11) is 0. The van der Waals surface area contributed by atoms with Gasteiger partial charge < -0.3 is 15.5 Å². The molecule has 0 unspecified atom stereocenters. The van der Waals surface area contributed by atoms with E-state index >= 15 is 0 Å². The van der Waals surface area contributed by atoms with Crippen LogP contribution in [0.4, 0.5) is 15.8 Å². The number of carbonyl (C=O) groups excluding carboxylic acids is 1. The van der Waals surface area contributed by atoms with Crippen molar-refractivity contribution in [1.29, 1.82) is 0 Å². The maximum Gasteiger partial charge on any atom is 0.225 e. The van der Waals surface area contributed by atoms with Crippen LogP contribution < -0.4 is 15.5 Å². The lowest BCUT2D eigenvalue weighted by Gasteiger charge is -2.22. The first kappa shape index (κ1) is 20.9. The molecule has 27 heavy (non-hydrogen) atoms. The third kappa shape index (κ3) is 6.36. The molecule has 2 rings (SSSR count). The maximum absolute atomic E-state index is 13.5.